The third-order valence-electron chi connectivity index (χ3n) is 14.0. The zero-order valence-corrected chi connectivity index (χ0v) is 40.4. The van der Waals surface area contributed by atoms with Crippen LogP contribution < -0.4 is 29.4 Å². The molecule has 2 aliphatic carbocycles. The largest absolute Gasteiger partial charge is 0.328 e. The molecule has 0 atom stereocenters. The fraction of sp³-hybridized carbons (Fsp3) is 0.316. The molecule has 0 saturated heterocycles. The van der Waals surface area contributed by atoms with Crippen LogP contribution in [0.1, 0.15) is 91.5 Å². The molecule has 9 heteroatoms. The maximum Gasteiger partial charge on any atom is 0.328 e. The summed E-state index contributed by atoms with van der Waals surface area (Å²) in [7, 11) is 0. The monoisotopic (exact) mass is 881 g/mol. The minimum Gasteiger partial charge on any atom is -0.294 e. The van der Waals surface area contributed by atoms with E-state index in [1.54, 1.807) is 0 Å². The first-order valence-electron chi connectivity index (χ1n) is 23.7. The molecule has 9 nitrogen and oxygen atoms in total. The zero-order chi connectivity index (χ0) is 47.1. The highest BCUT2D eigenvalue weighted by atomic mass is 16.2. The van der Waals surface area contributed by atoms with Gasteiger partial charge in [0.2, 0.25) is 0 Å². The first-order chi connectivity index (χ1) is 31.7. The van der Waals surface area contributed by atoms with Gasteiger partial charge in [-0.15, -0.1) is 0 Å². The highest BCUT2D eigenvalue weighted by molar-refractivity contribution is 6.06. The molecule has 0 heterocycles. The van der Waals surface area contributed by atoms with Gasteiger partial charge in [0.1, 0.15) is 0 Å². The van der Waals surface area contributed by atoms with Crippen molar-refractivity contribution in [2.24, 2.45) is 0 Å². The van der Waals surface area contributed by atoms with Gasteiger partial charge in [-0.2, -0.15) is 0 Å². The van der Waals surface area contributed by atoms with Gasteiger partial charge >= 0.3 is 18.1 Å². The average molecular weight is 881 g/mol. The van der Waals surface area contributed by atoms with E-state index >= 15 is 0 Å². The maximum absolute atomic E-state index is 14.8. The number of benzene rings is 6. The highest BCUT2D eigenvalue weighted by Gasteiger charge is 2.39. The Morgan fingerprint density at radius 1 is 0.318 bits per heavy atom. The van der Waals surface area contributed by atoms with Gasteiger partial charge in [-0.1, -0.05) is 88.4 Å². The quantitative estimate of drug-likeness (QED) is 0.123. The third kappa shape index (κ3) is 7.68. The molecule has 0 aliphatic heterocycles. The molecule has 6 aromatic rings. The number of carbonyl (C=O) groups is 3. The second-order valence-electron chi connectivity index (χ2n) is 18.2. The summed E-state index contributed by atoms with van der Waals surface area (Å²) in [6.45, 7) is 24.2. The number of hydrogen-bond donors (Lipinski definition) is 0. The van der Waals surface area contributed by atoms with Crippen LogP contribution in [0.5, 0.6) is 0 Å². The lowest BCUT2D eigenvalue weighted by atomic mass is 9.82. The van der Waals surface area contributed by atoms with Crippen LogP contribution in [-0.2, 0) is 10.8 Å². The zero-order valence-electron chi connectivity index (χ0n) is 40.4. The Bertz CT molecular complexity index is 2590. The van der Waals surface area contributed by atoms with Gasteiger partial charge in [0.15, 0.2) is 0 Å². The molecule has 66 heavy (non-hydrogen) atoms. The van der Waals surface area contributed by atoms with Crippen LogP contribution in [-0.4, -0.2) is 57.4 Å². The van der Waals surface area contributed by atoms with Crippen molar-refractivity contribution in [1.82, 2.24) is 0 Å². The summed E-state index contributed by atoms with van der Waals surface area (Å²) in [5, 5.41) is 0. The minimum atomic E-state index is -0.380. The summed E-state index contributed by atoms with van der Waals surface area (Å²) in [4.78, 5) is 54.0. The normalized spacial score (nSPS) is 13.5. The summed E-state index contributed by atoms with van der Waals surface area (Å²) >= 11 is 0. The van der Waals surface area contributed by atoms with E-state index in [1.807, 2.05) is 132 Å². The molecule has 0 bridgehead atoms. The van der Waals surface area contributed by atoms with Crippen LogP contribution in [0.3, 0.4) is 0 Å². The molecular weight excluding hydrogens is 817 g/mol. The molecule has 0 spiro atoms. The van der Waals surface area contributed by atoms with Gasteiger partial charge < -0.3 is 0 Å². The summed E-state index contributed by atoms with van der Waals surface area (Å²) in [6.07, 6.45) is 0. The fourth-order valence-electron chi connectivity index (χ4n) is 10.3. The third-order valence-corrected chi connectivity index (χ3v) is 14.0. The van der Waals surface area contributed by atoms with Crippen LogP contribution in [0.4, 0.5) is 48.5 Å². The van der Waals surface area contributed by atoms with Gasteiger partial charge in [-0.25, -0.2) is 14.4 Å². The smallest absolute Gasteiger partial charge is 0.294 e. The highest BCUT2D eigenvalue weighted by Crippen LogP contribution is 2.52. The summed E-state index contributed by atoms with van der Waals surface area (Å²) in [5.41, 5.74) is 13.6. The first kappa shape index (κ1) is 45.7. The molecule has 6 aromatic carbocycles. The van der Waals surface area contributed by atoms with Gasteiger partial charge in [0.05, 0.1) is 0 Å². The Labute approximate surface area is 391 Å². The van der Waals surface area contributed by atoms with Crippen molar-refractivity contribution in [3.05, 3.63) is 156 Å². The molecule has 0 unspecified atom stereocenters. The molecule has 0 aromatic heterocycles. The van der Waals surface area contributed by atoms with Crippen molar-refractivity contribution in [2.45, 2.75) is 80.1 Å². The van der Waals surface area contributed by atoms with Crippen LogP contribution in [0.2, 0.25) is 0 Å². The first-order valence-corrected chi connectivity index (χ1v) is 23.7. The van der Waals surface area contributed by atoms with Crippen LogP contribution in [0, 0.1) is 0 Å². The molecular formula is C57H64N6O3. The molecule has 0 radical (unpaired) electrons. The SMILES string of the molecule is CCN(C(=O)N(CC)c1ccc2c(c1)C(C)(C)c1cc(N(CC)C(=O)N(CC)c3ccc4c(c3)C(C)(C)c3cc(N(CC)C(=O)N(CC)c5ccccc5)ccc3-4)ccc1-2)c1ccccc1. The molecule has 2 aliphatic rings. The Kier molecular flexibility index (Phi) is 12.6. The van der Waals surface area contributed by atoms with Gasteiger partial charge in [0.25, 0.3) is 0 Å². The predicted molar refractivity (Wildman–Crippen MR) is 275 cm³/mol. The number of para-hydroxylation sites is 2. The second-order valence-corrected chi connectivity index (χ2v) is 18.2. The number of carbonyl (C=O) groups excluding carboxylic acids is 3. The van der Waals surface area contributed by atoms with Crippen LogP contribution in [0.25, 0.3) is 22.3 Å². The number of fused-ring (bicyclic) bond motifs is 6. The number of anilines is 6. The van der Waals surface area contributed by atoms with E-state index in [4.69, 9.17) is 0 Å². The van der Waals surface area contributed by atoms with E-state index < -0.39 is 0 Å². The molecule has 6 amide bonds. The Balaban J connectivity index is 1.05. The van der Waals surface area contributed by atoms with E-state index in [0.29, 0.717) is 39.3 Å². The van der Waals surface area contributed by atoms with E-state index in [0.717, 1.165) is 78.6 Å². The van der Waals surface area contributed by atoms with E-state index in [1.165, 1.54) is 0 Å². The number of rotatable bonds is 12. The van der Waals surface area contributed by atoms with Gasteiger partial charge in [-0.3, -0.25) is 29.4 Å². The summed E-state index contributed by atoms with van der Waals surface area (Å²) in [5.74, 6) is 0. The van der Waals surface area contributed by atoms with Crippen molar-refractivity contribution in [1.29, 1.82) is 0 Å². The minimum absolute atomic E-state index is 0.0558. The topological polar surface area (TPSA) is 70.7 Å². The molecule has 8 rings (SSSR count). The van der Waals surface area contributed by atoms with Crippen molar-refractivity contribution in [3.63, 3.8) is 0 Å². The predicted octanol–water partition coefficient (Wildman–Crippen LogP) is 13.7. The van der Waals surface area contributed by atoms with Gasteiger partial charge in [-0.05, 0) is 159 Å². The second kappa shape index (κ2) is 18.2. The lowest BCUT2D eigenvalue weighted by Crippen LogP contribution is -2.43. The van der Waals surface area contributed by atoms with Crippen molar-refractivity contribution < 1.29 is 14.4 Å². The standard InChI is InChI=1S/C57H64N6O3/c1-11-58(39-23-19-17-20-24-39)53(64)60(13-3)41-27-31-45-47-33-29-43(37-51(47)56(7,8)49(45)35-41)62(15-5)55(66)63(16-6)44-30-34-48-46-32-28-42(36-50(46)57(9,10)52(48)38-44)61(14-4)54(65)59(12-2)40-25-21-18-22-26-40/h17-38H,11-16H2,1-10H3. The number of urea groups is 3. The molecule has 0 N–H and O–H groups in total. The van der Waals surface area contributed by atoms with Crippen molar-refractivity contribution in [3.8, 4) is 22.3 Å². The van der Waals surface area contributed by atoms with Crippen LogP contribution in [0.15, 0.2) is 133 Å². The maximum atomic E-state index is 14.8. The lowest BCUT2D eigenvalue weighted by molar-refractivity contribution is 0.251. The Hall–Kier alpha value is -6.87. The Morgan fingerprint density at radius 2 is 0.530 bits per heavy atom. The summed E-state index contributed by atoms with van der Waals surface area (Å²) in [6, 6.07) is 45.0. The lowest BCUT2D eigenvalue weighted by Gasteiger charge is -2.32. The average Bonchev–Trinajstić information content (AvgIpc) is 3.69. The number of nitrogens with zero attached hydrogens (tertiary/aromatic N) is 6. The molecule has 0 fully saturated rings. The number of amides is 6. The van der Waals surface area contributed by atoms with E-state index in [2.05, 4.69) is 100 Å². The van der Waals surface area contributed by atoms with E-state index in [9.17, 15) is 14.4 Å². The molecule has 0 saturated carbocycles. The number of hydrogen-bond acceptors (Lipinski definition) is 3. The van der Waals surface area contributed by atoms with Gasteiger partial charge in [0, 0.05) is 84.2 Å². The van der Waals surface area contributed by atoms with Crippen LogP contribution >= 0.6 is 0 Å². The van der Waals surface area contributed by atoms with Crippen molar-refractivity contribution >= 4 is 52.2 Å². The summed E-state index contributed by atoms with van der Waals surface area (Å²) < 4.78 is 0. The fourth-order valence-corrected chi connectivity index (χ4v) is 10.3. The van der Waals surface area contributed by atoms with Crippen molar-refractivity contribution in [2.75, 3.05) is 68.7 Å². The molecule has 340 valence electrons. The Morgan fingerprint density at radius 3 is 0.742 bits per heavy atom. The van der Waals surface area contributed by atoms with E-state index in [-0.39, 0.29) is 28.9 Å².